The van der Waals surface area contributed by atoms with Crippen LogP contribution in [0.15, 0.2) is 66.9 Å². The van der Waals surface area contributed by atoms with Crippen LogP contribution in [0.4, 0.5) is 18.9 Å². The minimum atomic E-state index is -4.52. The van der Waals surface area contributed by atoms with E-state index in [0.717, 1.165) is 28.6 Å². The predicted octanol–water partition coefficient (Wildman–Crippen LogP) is 3.83. The first kappa shape index (κ1) is 21.9. The summed E-state index contributed by atoms with van der Waals surface area (Å²) in [5.41, 5.74) is 0.412. The molecule has 35 heavy (non-hydrogen) atoms. The van der Waals surface area contributed by atoms with E-state index in [9.17, 15) is 22.8 Å². The first-order valence-electron chi connectivity index (χ1n) is 11.5. The number of para-hydroxylation sites is 1. The molecular weight excluding hydrogens is 459 g/mol. The number of rotatable bonds is 5. The zero-order valence-corrected chi connectivity index (χ0v) is 18.5. The molecule has 180 valence electrons. The van der Waals surface area contributed by atoms with E-state index in [1.54, 1.807) is 12.2 Å². The van der Waals surface area contributed by atoms with E-state index in [1.807, 2.05) is 30.5 Å². The number of benzene rings is 2. The fourth-order valence-corrected chi connectivity index (χ4v) is 5.64. The van der Waals surface area contributed by atoms with Crippen LogP contribution in [-0.4, -0.2) is 41.6 Å². The number of H-pyrrole nitrogens is 1. The number of alkyl halides is 3. The summed E-state index contributed by atoms with van der Waals surface area (Å²) < 4.78 is 45.7. The van der Waals surface area contributed by atoms with Gasteiger partial charge < -0.3 is 19.9 Å². The van der Waals surface area contributed by atoms with E-state index in [4.69, 9.17) is 4.74 Å². The lowest BCUT2D eigenvalue weighted by Crippen LogP contribution is -2.44. The highest BCUT2D eigenvalue weighted by Crippen LogP contribution is 2.52. The molecule has 2 fully saturated rings. The van der Waals surface area contributed by atoms with Gasteiger partial charge in [-0.15, -0.1) is 0 Å². The third-order valence-corrected chi connectivity index (χ3v) is 7.26. The predicted molar refractivity (Wildman–Crippen MR) is 123 cm³/mol. The van der Waals surface area contributed by atoms with Crippen LogP contribution < -0.4 is 10.2 Å². The lowest BCUT2D eigenvalue weighted by atomic mass is 9.77. The number of hydrogen-bond acceptors (Lipinski definition) is 3. The van der Waals surface area contributed by atoms with Crippen molar-refractivity contribution in [1.29, 1.82) is 0 Å². The second-order valence-corrected chi connectivity index (χ2v) is 9.27. The van der Waals surface area contributed by atoms with Crippen molar-refractivity contribution in [1.82, 2.24) is 10.3 Å². The zero-order chi connectivity index (χ0) is 24.4. The number of halogens is 3. The van der Waals surface area contributed by atoms with E-state index in [2.05, 4.69) is 10.3 Å². The Morgan fingerprint density at radius 1 is 1.20 bits per heavy atom. The van der Waals surface area contributed by atoms with Crippen LogP contribution in [-0.2, 0) is 26.9 Å². The van der Waals surface area contributed by atoms with Gasteiger partial charge in [-0.3, -0.25) is 9.59 Å². The molecule has 3 aliphatic heterocycles. The summed E-state index contributed by atoms with van der Waals surface area (Å²) in [5.74, 6) is -2.19. The van der Waals surface area contributed by atoms with Crippen molar-refractivity contribution >= 4 is 28.4 Å². The first-order valence-corrected chi connectivity index (χ1v) is 11.5. The van der Waals surface area contributed by atoms with Gasteiger partial charge in [-0.1, -0.05) is 36.4 Å². The summed E-state index contributed by atoms with van der Waals surface area (Å²) in [5, 5.41) is 4.03. The molecule has 2 aromatic carbocycles. The number of nitrogens with zero attached hydrogens (tertiary/aromatic N) is 1. The van der Waals surface area contributed by atoms with E-state index < -0.39 is 41.2 Å². The van der Waals surface area contributed by atoms with Gasteiger partial charge in [-0.25, -0.2) is 0 Å². The van der Waals surface area contributed by atoms with Crippen molar-refractivity contribution in [3.05, 3.63) is 78.0 Å². The maximum absolute atomic E-state index is 13.4. The number of hydrogen-bond donors (Lipinski definition) is 2. The maximum atomic E-state index is 13.4. The Morgan fingerprint density at radius 3 is 2.86 bits per heavy atom. The van der Waals surface area contributed by atoms with Gasteiger partial charge in [0.05, 0.1) is 30.0 Å². The molecule has 4 heterocycles. The summed E-state index contributed by atoms with van der Waals surface area (Å²) >= 11 is 0. The molecule has 0 radical (unpaired) electrons. The second-order valence-electron chi connectivity index (χ2n) is 9.27. The van der Waals surface area contributed by atoms with Crippen LogP contribution in [0.5, 0.6) is 0 Å². The Kier molecular flexibility index (Phi) is 4.83. The van der Waals surface area contributed by atoms with Gasteiger partial charge in [0.2, 0.25) is 11.8 Å². The normalized spacial score (nSPS) is 27.1. The van der Waals surface area contributed by atoms with Crippen LogP contribution in [0.2, 0.25) is 0 Å². The van der Waals surface area contributed by atoms with Gasteiger partial charge >= 0.3 is 6.18 Å². The van der Waals surface area contributed by atoms with Gasteiger partial charge in [0.1, 0.15) is 5.60 Å². The molecule has 9 heteroatoms. The summed E-state index contributed by atoms with van der Waals surface area (Å²) in [7, 11) is 0. The molecule has 6 nitrogen and oxygen atoms in total. The van der Waals surface area contributed by atoms with E-state index >= 15 is 0 Å². The van der Waals surface area contributed by atoms with Crippen LogP contribution in [0, 0.1) is 11.8 Å². The van der Waals surface area contributed by atoms with E-state index in [0.29, 0.717) is 13.0 Å². The molecular formula is C26H22F3N3O3. The number of carbonyl (C=O) groups excluding carboxylic acids is 2. The average molecular weight is 481 g/mol. The topological polar surface area (TPSA) is 74.4 Å². The minimum Gasteiger partial charge on any atom is -0.361 e. The molecule has 1 spiro atoms. The van der Waals surface area contributed by atoms with Gasteiger partial charge in [-0.2, -0.15) is 13.2 Å². The summed E-state index contributed by atoms with van der Waals surface area (Å²) in [6, 6.07) is 12.6. The van der Waals surface area contributed by atoms with Crippen LogP contribution in [0.25, 0.3) is 10.9 Å². The fourth-order valence-electron chi connectivity index (χ4n) is 5.64. The third kappa shape index (κ3) is 3.44. The Bertz CT molecular complexity index is 1360. The summed E-state index contributed by atoms with van der Waals surface area (Å²) in [6.07, 6.45) is 1.05. The van der Waals surface area contributed by atoms with E-state index in [1.165, 1.54) is 17.0 Å². The van der Waals surface area contributed by atoms with Crippen molar-refractivity contribution in [3.8, 4) is 0 Å². The lowest BCUT2D eigenvalue weighted by Gasteiger charge is -2.23. The minimum absolute atomic E-state index is 0.0733. The van der Waals surface area contributed by atoms with Gasteiger partial charge in [0, 0.05) is 29.3 Å². The molecule has 2 bridgehead atoms. The molecule has 3 aliphatic rings. The van der Waals surface area contributed by atoms with Gasteiger partial charge in [0.25, 0.3) is 0 Å². The molecule has 1 aromatic heterocycles. The second kappa shape index (κ2) is 7.71. The van der Waals surface area contributed by atoms with Crippen LogP contribution in [0.3, 0.4) is 0 Å². The largest absolute Gasteiger partial charge is 0.416 e. The lowest BCUT2D eigenvalue weighted by molar-refractivity contribution is -0.137. The molecule has 2 amide bonds. The number of amides is 2. The SMILES string of the molecule is O=C(NCCc1c[nH]c2ccccc12)C1C2C(=O)N(c3cccc(C(F)(F)F)c3)C[C@]23C=C[C@H]1O3. The van der Waals surface area contributed by atoms with E-state index in [-0.39, 0.29) is 18.1 Å². The summed E-state index contributed by atoms with van der Waals surface area (Å²) in [4.78, 5) is 31.1. The van der Waals surface area contributed by atoms with Crippen molar-refractivity contribution in [2.45, 2.75) is 24.3 Å². The molecule has 0 saturated carbocycles. The van der Waals surface area contributed by atoms with Crippen LogP contribution in [0.1, 0.15) is 11.1 Å². The molecule has 0 aliphatic carbocycles. The number of anilines is 1. The third-order valence-electron chi connectivity index (χ3n) is 7.26. The molecule has 2 saturated heterocycles. The molecule has 6 rings (SSSR count). The molecule has 3 aromatic rings. The van der Waals surface area contributed by atoms with Crippen molar-refractivity contribution < 1.29 is 27.5 Å². The monoisotopic (exact) mass is 481 g/mol. The highest BCUT2D eigenvalue weighted by molar-refractivity contribution is 6.03. The standard InChI is InChI=1S/C26H22F3N3O3/c27-26(28,29)16-4-3-5-17(12-16)32-14-25-10-8-20(35-25)21(22(25)24(32)34)23(33)30-11-9-15-13-31-19-7-2-1-6-18(15)19/h1-8,10,12-13,20-22,31H,9,11,14H2,(H,30,33)/t20-,21?,22?,25-/m1/s1. The Balaban J connectivity index is 1.19. The molecule has 2 N–H and O–H groups in total. The Morgan fingerprint density at radius 2 is 2.03 bits per heavy atom. The Hall–Kier alpha value is -3.59. The highest BCUT2D eigenvalue weighted by atomic mass is 19.4. The quantitative estimate of drug-likeness (QED) is 0.544. The number of carbonyl (C=O) groups is 2. The number of nitrogens with one attached hydrogen (secondary N) is 2. The number of aromatic nitrogens is 1. The van der Waals surface area contributed by atoms with Gasteiger partial charge in [0.15, 0.2) is 0 Å². The number of ether oxygens (including phenoxy) is 1. The summed E-state index contributed by atoms with van der Waals surface area (Å²) in [6.45, 7) is 0.461. The highest BCUT2D eigenvalue weighted by Gasteiger charge is 2.67. The zero-order valence-electron chi connectivity index (χ0n) is 18.5. The number of aromatic amines is 1. The first-order chi connectivity index (χ1) is 16.8. The smallest absolute Gasteiger partial charge is 0.361 e. The van der Waals surface area contributed by atoms with Crippen molar-refractivity contribution in [2.75, 3.05) is 18.0 Å². The number of fused-ring (bicyclic) bond motifs is 2. The fraction of sp³-hybridized carbons (Fsp3) is 0.308. The Labute approximate surface area is 198 Å². The molecule has 2 unspecified atom stereocenters. The van der Waals surface area contributed by atoms with Crippen molar-refractivity contribution in [3.63, 3.8) is 0 Å². The van der Waals surface area contributed by atoms with Crippen molar-refractivity contribution in [2.24, 2.45) is 11.8 Å². The van der Waals surface area contributed by atoms with Gasteiger partial charge in [-0.05, 0) is 36.2 Å². The van der Waals surface area contributed by atoms with Crippen LogP contribution >= 0.6 is 0 Å². The molecule has 4 atom stereocenters. The maximum Gasteiger partial charge on any atom is 0.416 e. The average Bonchev–Trinajstić information content (AvgIpc) is 3.59.